The van der Waals surface area contributed by atoms with E-state index in [0.29, 0.717) is 6.04 Å². The fraction of sp³-hybridized carbons (Fsp3) is 0.958. The molecule has 3 heterocycles. The molecule has 1 unspecified atom stereocenters. The average molecular weight is 548 g/mol. The van der Waals surface area contributed by atoms with Gasteiger partial charge in [-0.25, -0.2) is 0 Å². The molecule has 4 fully saturated rings. The SMILES string of the molecule is CCNC(=NCC1(N2CCCC2)CCOCC1)NC1CCCN(C2CCCCC2)C1.I. The number of nitrogens with one attached hydrogen (secondary N) is 2. The van der Waals surface area contributed by atoms with E-state index in [-0.39, 0.29) is 29.5 Å². The first-order valence-corrected chi connectivity index (χ1v) is 12.9. The van der Waals surface area contributed by atoms with Gasteiger partial charge >= 0.3 is 0 Å². The third-order valence-corrected chi connectivity index (χ3v) is 7.96. The number of guanidine groups is 1. The van der Waals surface area contributed by atoms with E-state index in [9.17, 15) is 0 Å². The zero-order valence-electron chi connectivity index (χ0n) is 19.7. The molecule has 0 aromatic carbocycles. The molecule has 0 radical (unpaired) electrons. The predicted molar refractivity (Wildman–Crippen MR) is 140 cm³/mol. The van der Waals surface area contributed by atoms with Crippen LogP contribution in [0.1, 0.15) is 77.6 Å². The fourth-order valence-corrected chi connectivity index (χ4v) is 6.16. The Morgan fingerprint density at radius 3 is 2.42 bits per heavy atom. The first-order valence-electron chi connectivity index (χ1n) is 12.9. The number of hydrogen-bond donors (Lipinski definition) is 2. The summed E-state index contributed by atoms with van der Waals surface area (Å²) in [4.78, 5) is 10.7. The molecule has 6 nitrogen and oxygen atoms in total. The monoisotopic (exact) mass is 547 g/mol. The molecule has 4 rings (SSSR count). The molecule has 180 valence electrons. The number of rotatable bonds is 6. The Labute approximate surface area is 207 Å². The van der Waals surface area contributed by atoms with Crippen molar-refractivity contribution < 1.29 is 4.74 Å². The molecule has 1 aliphatic carbocycles. The summed E-state index contributed by atoms with van der Waals surface area (Å²) in [7, 11) is 0. The Kier molecular flexibility index (Phi) is 10.6. The van der Waals surface area contributed by atoms with E-state index in [1.807, 2.05) is 0 Å². The summed E-state index contributed by atoms with van der Waals surface area (Å²) in [5.74, 6) is 1.03. The topological polar surface area (TPSA) is 52.1 Å². The number of piperidine rings is 1. The molecule has 1 atom stereocenters. The van der Waals surface area contributed by atoms with Crippen LogP contribution in [0.5, 0.6) is 0 Å². The molecule has 4 aliphatic rings. The van der Waals surface area contributed by atoms with Crippen LogP contribution in [0.3, 0.4) is 0 Å². The molecule has 0 spiro atoms. The Hall–Kier alpha value is -0.120. The quantitative estimate of drug-likeness (QED) is 0.303. The molecular weight excluding hydrogens is 501 g/mol. The minimum atomic E-state index is 0. The van der Waals surface area contributed by atoms with Gasteiger partial charge in [0.15, 0.2) is 5.96 Å². The normalized spacial score (nSPS) is 28.8. The number of hydrogen-bond acceptors (Lipinski definition) is 4. The van der Waals surface area contributed by atoms with E-state index < -0.39 is 0 Å². The van der Waals surface area contributed by atoms with Gasteiger partial charge in [-0.3, -0.25) is 14.8 Å². The summed E-state index contributed by atoms with van der Waals surface area (Å²) in [5.41, 5.74) is 0.206. The maximum atomic E-state index is 5.72. The lowest BCUT2D eigenvalue weighted by Gasteiger charge is -2.44. The van der Waals surface area contributed by atoms with Gasteiger partial charge in [-0.1, -0.05) is 19.3 Å². The van der Waals surface area contributed by atoms with Gasteiger partial charge in [0.2, 0.25) is 0 Å². The van der Waals surface area contributed by atoms with Crippen molar-refractivity contribution in [1.29, 1.82) is 0 Å². The van der Waals surface area contributed by atoms with Gasteiger partial charge in [-0.05, 0) is 77.9 Å². The lowest BCUT2D eigenvalue weighted by atomic mass is 9.88. The molecule has 0 bridgehead atoms. The summed E-state index contributed by atoms with van der Waals surface area (Å²) in [6.45, 7) is 10.7. The molecule has 31 heavy (non-hydrogen) atoms. The van der Waals surface area contributed by atoms with E-state index in [1.165, 1.54) is 84.0 Å². The zero-order valence-corrected chi connectivity index (χ0v) is 22.1. The highest BCUT2D eigenvalue weighted by atomic mass is 127. The van der Waals surface area contributed by atoms with Crippen molar-refractivity contribution in [3.8, 4) is 0 Å². The maximum Gasteiger partial charge on any atom is 0.191 e. The van der Waals surface area contributed by atoms with Crippen LogP contribution in [-0.4, -0.2) is 85.9 Å². The van der Waals surface area contributed by atoms with Crippen LogP contribution in [0.4, 0.5) is 0 Å². The van der Waals surface area contributed by atoms with Crippen molar-refractivity contribution in [1.82, 2.24) is 20.4 Å². The molecule has 0 aromatic heterocycles. The Bertz CT molecular complexity index is 542. The van der Waals surface area contributed by atoms with Gasteiger partial charge in [0.25, 0.3) is 0 Å². The molecule has 3 saturated heterocycles. The first kappa shape index (κ1) is 25.5. The van der Waals surface area contributed by atoms with Crippen LogP contribution in [0, 0.1) is 0 Å². The van der Waals surface area contributed by atoms with E-state index in [4.69, 9.17) is 9.73 Å². The van der Waals surface area contributed by atoms with Crippen molar-refractivity contribution in [2.45, 2.75) is 95.2 Å². The zero-order chi connectivity index (χ0) is 20.7. The highest BCUT2D eigenvalue weighted by Gasteiger charge is 2.39. The van der Waals surface area contributed by atoms with Crippen molar-refractivity contribution in [3.05, 3.63) is 0 Å². The van der Waals surface area contributed by atoms with Crippen LogP contribution in [-0.2, 0) is 4.74 Å². The van der Waals surface area contributed by atoms with Gasteiger partial charge in [-0.15, -0.1) is 24.0 Å². The molecule has 2 N–H and O–H groups in total. The predicted octanol–water partition coefficient (Wildman–Crippen LogP) is 3.60. The van der Waals surface area contributed by atoms with Crippen molar-refractivity contribution in [3.63, 3.8) is 0 Å². The second-order valence-corrected chi connectivity index (χ2v) is 10.00. The summed E-state index contributed by atoms with van der Waals surface area (Å²) in [6.07, 6.45) is 14.6. The molecule has 0 aromatic rings. The number of halogens is 1. The van der Waals surface area contributed by atoms with E-state index in [0.717, 1.165) is 51.1 Å². The number of nitrogens with zero attached hydrogens (tertiary/aromatic N) is 3. The third-order valence-electron chi connectivity index (χ3n) is 7.96. The lowest BCUT2D eigenvalue weighted by Crippen LogP contribution is -2.55. The van der Waals surface area contributed by atoms with E-state index in [1.54, 1.807) is 0 Å². The van der Waals surface area contributed by atoms with Crippen LogP contribution in [0.25, 0.3) is 0 Å². The third kappa shape index (κ3) is 6.93. The van der Waals surface area contributed by atoms with Crippen LogP contribution in [0.2, 0.25) is 0 Å². The number of ether oxygens (including phenoxy) is 1. The van der Waals surface area contributed by atoms with Gasteiger partial charge in [0, 0.05) is 43.9 Å². The summed E-state index contributed by atoms with van der Waals surface area (Å²) < 4.78 is 5.72. The second kappa shape index (κ2) is 12.9. The van der Waals surface area contributed by atoms with Crippen molar-refractivity contribution in [2.75, 3.05) is 52.5 Å². The molecule has 3 aliphatic heterocycles. The lowest BCUT2D eigenvalue weighted by molar-refractivity contribution is -0.0139. The van der Waals surface area contributed by atoms with Crippen LogP contribution >= 0.6 is 24.0 Å². The van der Waals surface area contributed by atoms with Crippen molar-refractivity contribution in [2.24, 2.45) is 4.99 Å². The van der Waals surface area contributed by atoms with Gasteiger partial charge in [0.05, 0.1) is 6.54 Å². The van der Waals surface area contributed by atoms with Gasteiger partial charge in [-0.2, -0.15) is 0 Å². The Balaban J connectivity index is 0.00000272. The Morgan fingerprint density at radius 2 is 1.71 bits per heavy atom. The van der Waals surface area contributed by atoms with Crippen LogP contribution < -0.4 is 10.6 Å². The maximum absolute atomic E-state index is 5.72. The van der Waals surface area contributed by atoms with Crippen LogP contribution in [0.15, 0.2) is 4.99 Å². The molecule has 1 saturated carbocycles. The first-order chi connectivity index (χ1) is 14.8. The summed E-state index contributed by atoms with van der Waals surface area (Å²) in [6, 6.07) is 1.35. The molecule has 0 amide bonds. The molecule has 7 heteroatoms. The summed E-state index contributed by atoms with van der Waals surface area (Å²) in [5, 5.41) is 7.36. The largest absolute Gasteiger partial charge is 0.381 e. The smallest absolute Gasteiger partial charge is 0.191 e. The standard InChI is InChI=1S/C24H45N5O.HI/c1-2-25-23(26-20-24(12-17-30-18-13-24)29-15-6-7-16-29)27-21-9-8-14-28(19-21)22-10-4-3-5-11-22;/h21-22H,2-20H2,1H3,(H2,25,26,27);1H. The fourth-order valence-electron chi connectivity index (χ4n) is 6.16. The summed E-state index contributed by atoms with van der Waals surface area (Å²) >= 11 is 0. The number of aliphatic imine (C=N–C) groups is 1. The number of likely N-dealkylation sites (tertiary alicyclic amines) is 2. The van der Waals surface area contributed by atoms with E-state index in [2.05, 4.69) is 27.4 Å². The van der Waals surface area contributed by atoms with Gasteiger partial charge < -0.3 is 15.4 Å². The second-order valence-electron chi connectivity index (χ2n) is 10.00. The Morgan fingerprint density at radius 1 is 0.968 bits per heavy atom. The van der Waals surface area contributed by atoms with Crippen molar-refractivity contribution >= 4 is 29.9 Å². The minimum absolute atomic E-state index is 0. The van der Waals surface area contributed by atoms with Gasteiger partial charge in [0.1, 0.15) is 0 Å². The highest BCUT2D eigenvalue weighted by molar-refractivity contribution is 14.0. The van der Waals surface area contributed by atoms with E-state index >= 15 is 0 Å². The average Bonchev–Trinajstić information content (AvgIpc) is 3.35. The molecular formula is C24H46IN5O. The minimum Gasteiger partial charge on any atom is -0.381 e. The highest BCUT2D eigenvalue weighted by Crippen LogP contribution is 2.31.